The summed E-state index contributed by atoms with van der Waals surface area (Å²) in [4.78, 5) is 0. The molecule has 2 N–H and O–H groups in total. The van der Waals surface area contributed by atoms with E-state index in [-0.39, 0.29) is 0 Å². The summed E-state index contributed by atoms with van der Waals surface area (Å²) in [5, 5.41) is 10.1. The molecule has 70 valence electrons. The fourth-order valence-corrected chi connectivity index (χ4v) is 1.24. The van der Waals surface area contributed by atoms with Crippen LogP contribution in [0.1, 0.15) is 12.5 Å². The zero-order valence-corrected chi connectivity index (χ0v) is 7.65. The van der Waals surface area contributed by atoms with Crippen molar-refractivity contribution in [3.63, 3.8) is 0 Å². The van der Waals surface area contributed by atoms with Crippen molar-refractivity contribution < 1.29 is 0 Å². The van der Waals surface area contributed by atoms with E-state index in [0.29, 0.717) is 0 Å². The third-order valence-electron chi connectivity index (χ3n) is 1.88. The Balaban J connectivity index is 2.25. The van der Waals surface area contributed by atoms with Crippen LogP contribution in [-0.2, 0) is 7.05 Å². The van der Waals surface area contributed by atoms with Crippen LogP contribution in [-0.4, -0.2) is 27.2 Å². The van der Waals surface area contributed by atoms with Crippen LogP contribution in [0.4, 0.5) is 0 Å². The van der Waals surface area contributed by atoms with Gasteiger partial charge in [0.25, 0.3) is 0 Å². The highest BCUT2D eigenvalue weighted by Gasteiger charge is 2.17. The van der Waals surface area contributed by atoms with Gasteiger partial charge in [0.2, 0.25) is 0 Å². The van der Waals surface area contributed by atoms with Gasteiger partial charge in [0.15, 0.2) is 5.84 Å². The lowest BCUT2D eigenvalue weighted by Gasteiger charge is -2.14. The van der Waals surface area contributed by atoms with E-state index in [1.54, 1.807) is 10.9 Å². The lowest BCUT2D eigenvalue weighted by molar-refractivity contribution is 0.308. The standard InChI is InChI=1S/C7H12N6/c1-3-13-7(9-10-11-13)6-4-8-12(2)5-6/h4-5,10-11H,3H2,1-2H3. The van der Waals surface area contributed by atoms with E-state index in [0.717, 1.165) is 17.9 Å². The Labute approximate surface area is 76.2 Å². The monoisotopic (exact) mass is 180 g/mol. The fraction of sp³-hybridized carbons (Fsp3) is 0.429. The van der Waals surface area contributed by atoms with Crippen LogP contribution in [0.2, 0.25) is 0 Å². The summed E-state index contributed by atoms with van der Waals surface area (Å²) in [7, 11) is 1.89. The lowest BCUT2D eigenvalue weighted by atomic mass is 10.3. The van der Waals surface area contributed by atoms with Crippen molar-refractivity contribution in [2.45, 2.75) is 6.92 Å². The second kappa shape index (κ2) is 3.06. The van der Waals surface area contributed by atoms with Crippen molar-refractivity contribution in [1.82, 2.24) is 25.9 Å². The number of nitrogens with zero attached hydrogens (tertiary/aromatic N) is 4. The molecule has 0 saturated heterocycles. The number of hydrazone groups is 1. The first-order valence-corrected chi connectivity index (χ1v) is 4.16. The molecule has 0 bridgehead atoms. The van der Waals surface area contributed by atoms with Gasteiger partial charge in [-0.1, -0.05) is 0 Å². The zero-order chi connectivity index (χ0) is 9.26. The lowest BCUT2D eigenvalue weighted by Crippen LogP contribution is -2.40. The van der Waals surface area contributed by atoms with Crippen LogP contribution < -0.4 is 11.1 Å². The van der Waals surface area contributed by atoms with Gasteiger partial charge in [0.1, 0.15) is 0 Å². The minimum Gasteiger partial charge on any atom is -0.275 e. The highest BCUT2D eigenvalue weighted by molar-refractivity contribution is 5.98. The van der Waals surface area contributed by atoms with Gasteiger partial charge in [-0.25, -0.2) is 5.53 Å². The highest BCUT2D eigenvalue weighted by atomic mass is 15.8. The largest absolute Gasteiger partial charge is 0.275 e. The zero-order valence-electron chi connectivity index (χ0n) is 7.65. The summed E-state index contributed by atoms with van der Waals surface area (Å²) in [6.07, 6.45) is 3.71. The van der Waals surface area contributed by atoms with Gasteiger partial charge >= 0.3 is 0 Å². The maximum atomic E-state index is 4.10. The molecule has 0 spiro atoms. The Morgan fingerprint density at radius 2 is 2.38 bits per heavy atom. The third kappa shape index (κ3) is 1.35. The summed E-state index contributed by atoms with van der Waals surface area (Å²) in [6, 6.07) is 0. The van der Waals surface area contributed by atoms with Crippen molar-refractivity contribution in [3.8, 4) is 0 Å². The van der Waals surface area contributed by atoms with E-state index in [9.17, 15) is 0 Å². The second-order valence-electron chi connectivity index (χ2n) is 2.81. The van der Waals surface area contributed by atoms with E-state index in [4.69, 9.17) is 0 Å². The van der Waals surface area contributed by atoms with Crippen LogP contribution in [0.25, 0.3) is 0 Å². The van der Waals surface area contributed by atoms with E-state index in [2.05, 4.69) is 21.3 Å². The Bertz CT molecular complexity index is 327. The Morgan fingerprint density at radius 3 is 3.00 bits per heavy atom. The predicted octanol–water partition coefficient (Wildman–Crippen LogP) is -0.574. The molecule has 1 aliphatic heterocycles. The molecule has 6 nitrogen and oxygen atoms in total. The highest BCUT2D eigenvalue weighted by Crippen LogP contribution is 2.04. The topological polar surface area (TPSA) is 57.5 Å². The molecule has 6 heteroatoms. The third-order valence-corrected chi connectivity index (χ3v) is 1.88. The van der Waals surface area contributed by atoms with Gasteiger partial charge < -0.3 is 0 Å². The second-order valence-corrected chi connectivity index (χ2v) is 2.81. The number of rotatable bonds is 2. The molecule has 2 rings (SSSR count). The van der Waals surface area contributed by atoms with Crippen molar-refractivity contribution in [1.29, 1.82) is 0 Å². The number of hydrogen-bond donors (Lipinski definition) is 2. The number of hydrogen-bond acceptors (Lipinski definition) is 5. The normalized spacial score (nSPS) is 15.8. The first-order valence-electron chi connectivity index (χ1n) is 4.16. The molecule has 0 atom stereocenters. The number of nitrogens with one attached hydrogen (secondary N) is 2. The quantitative estimate of drug-likeness (QED) is 0.639. The van der Waals surface area contributed by atoms with Gasteiger partial charge in [-0.05, 0) is 6.92 Å². The van der Waals surface area contributed by atoms with Gasteiger partial charge in [-0.15, -0.1) is 10.6 Å². The molecule has 13 heavy (non-hydrogen) atoms. The molecule has 0 fully saturated rings. The molecular weight excluding hydrogens is 168 g/mol. The Hall–Kier alpha value is -1.56. The van der Waals surface area contributed by atoms with Crippen LogP contribution >= 0.6 is 0 Å². The molecule has 0 saturated carbocycles. The molecule has 0 unspecified atom stereocenters. The molecule has 1 aromatic rings. The number of amidine groups is 1. The Kier molecular flexibility index (Phi) is 1.90. The molecule has 0 aromatic carbocycles. The Morgan fingerprint density at radius 1 is 1.54 bits per heavy atom. The summed E-state index contributed by atoms with van der Waals surface area (Å²) in [6.45, 7) is 2.90. The maximum absolute atomic E-state index is 4.10. The van der Waals surface area contributed by atoms with Gasteiger partial charge in [-0.3, -0.25) is 9.69 Å². The average Bonchev–Trinajstić information content (AvgIpc) is 2.71. The van der Waals surface area contributed by atoms with Crippen molar-refractivity contribution in [3.05, 3.63) is 18.0 Å². The summed E-state index contributed by atoms with van der Waals surface area (Å²) >= 11 is 0. The van der Waals surface area contributed by atoms with Gasteiger partial charge in [0.05, 0.1) is 11.8 Å². The smallest absolute Gasteiger partial charge is 0.176 e. The van der Waals surface area contributed by atoms with E-state index < -0.39 is 0 Å². The van der Waals surface area contributed by atoms with Crippen LogP contribution in [0.3, 0.4) is 0 Å². The number of aromatic nitrogens is 2. The van der Waals surface area contributed by atoms with E-state index in [1.165, 1.54) is 0 Å². The first kappa shape index (κ1) is 8.06. The summed E-state index contributed by atoms with van der Waals surface area (Å²) in [5.74, 6) is 0.871. The molecule has 0 radical (unpaired) electrons. The van der Waals surface area contributed by atoms with Crippen molar-refractivity contribution in [2.24, 2.45) is 12.1 Å². The van der Waals surface area contributed by atoms with Crippen LogP contribution in [0.5, 0.6) is 0 Å². The van der Waals surface area contributed by atoms with Crippen molar-refractivity contribution >= 4 is 5.84 Å². The molecule has 1 aromatic heterocycles. The number of hydrazine groups is 2. The summed E-state index contributed by atoms with van der Waals surface area (Å²) in [5.41, 5.74) is 6.62. The van der Waals surface area contributed by atoms with Gasteiger partial charge in [0, 0.05) is 19.8 Å². The van der Waals surface area contributed by atoms with E-state index in [1.807, 2.05) is 25.2 Å². The fourth-order valence-electron chi connectivity index (χ4n) is 1.24. The average molecular weight is 180 g/mol. The molecule has 2 heterocycles. The van der Waals surface area contributed by atoms with Crippen molar-refractivity contribution in [2.75, 3.05) is 6.54 Å². The minimum atomic E-state index is 0.848. The SMILES string of the molecule is CCN1NNN=C1c1cnn(C)c1. The minimum absolute atomic E-state index is 0.848. The van der Waals surface area contributed by atoms with E-state index >= 15 is 0 Å². The number of aryl methyl sites for hydroxylation is 1. The molecular formula is C7H12N6. The summed E-state index contributed by atoms with van der Waals surface area (Å²) < 4.78 is 1.75. The molecule has 0 aliphatic carbocycles. The first-order chi connectivity index (χ1) is 6.31. The predicted molar refractivity (Wildman–Crippen MR) is 48.4 cm³/mol. The molecule has 1 aliphatic rings. The van der Waals surface area contributed by atoms with Crippen LogP contribution in [0.15, 0.2) is 17.5 Å². The van der Waals surface area contributed by atoms with Gasteiger partial charge in [-0.2, -0.15) is 5.10 Å². The maximum Gasteiger partial charge on any atom is 0.176 e. The van der Waals surface area contributed by atoms with Crippen LogP contribution in [0, 0.1) is 0 Å². The molecule has 0 amide bonds.